The lowest BCUT2D eigenvalue weighted by atomic mass is 9.51. The molecule has 0 aliphatic heterocycles. The highest BCUT2D eigenvalue weighted by atomic mass is 14.6. The maximum Gasteiger partial charge on any atom is -0.00796 e. The summed E-state index contributed by atoms with van der Waals surface area (Å²) in [5.41, 5.74) is 4.84. The van der Waals surface area contributed by atoms with Crippen LogP contribution in [0.2, 0.25) is 0 Å². The summed E-state index contributed by atoms with van der Waals surface area (Å²) in [6.07, 6.45) is 7.24. The molecule has 2 saturated carbocycles. The van der Waals surface area contributed by atoms with Crippen LogP contribution < -0.4 is 0 Å². The summed E-state index contributed by atoms with van der Waals surface area (Å²) in [7, 11) is 0. The van der Waals surface area contributed by atoms with E-state index in [1.807, 2.05) is 5.57 Å². The molecule has 0 aromatic rings. The molecule has 0 aromatic carbocycles. The fourth-order valence-corrected chi connectivity index (χ4v) is 4.93. The summed E-state index contributed by atoms with van der Waals surface area (Å²) >= 11 is 0. The first-order valence-electron chi connectivity index (χ1n) is 6.61. The van der Waals surface area contributed by atoms with E-state index in [1.165, 1.54) is 32.1 Å². The first-order chi connectivity index (χ1) is 6.92. The molecular weight excluding hydrogens is 180 g/mol. The fourth-order valence-electron chi connectivity index (χ4n) is 4.93. The minimum Gasteiger partial charge on any atom is -0.0733 e. The van der Waals surface area contributed by atoms with E-state index in [4.69, 9.17) is 0 Å². The molecule has 0 aromatic heterocycles. The number of hydrogen-bond donors (Lipinski definition) is 0. The Balaban J connectivity index is 1.98. The van der Waals surface area contributed by atoms with Crippen molar-refractivity contribution in [2.75, 3.05) is 0 Å². The minimum absolute atomic E-state index is 0.615. The smallest absolute Gasteiger partial charge is 0.00796 e. The molecule has 0 N–H and O–H groups in total. The molecule has 3 aliphatic rings. The molecule has 0 unspecified atom stereocenters. The highest BCUT2D eigenvalue weighted by molar-refractivity contribution is 5.33. The molecule has 3 rings (SSSR count). The standard InChI is InChI=1S/C15H24/c1-10-7-11-8-14(2,3)9-13(11)15(4)6-5-12(10)15/h11,13H,5-9H2,1-4H3/t11-,13+,15+/m0/s1. The van der Waals surface area contributed by atoms with Crippen molar-refractivity contribution in [3.05, 3.63) is 11.1 Å². The van der Waals surface area contributed by atoms with Crippen molar-refractivity contribution in [3.8, 4) is 0 Å². The molecule has 3 aliphatic carbocycles. The van der Waals surface area contributed by atoms with Crippen molar-refractivity contribution in [1.82, 2.24) is 0 Å². The average molecular weight is 204 g/mol. The van der Waals surface area contributed by atoms with Crippen LogP contribution in [0.1, 0.15) is 59.8 Å². The molecule has 0 bridgehead atoms. The predicted molar refractivity (Wildman–Crippen MR) is 64.7 cm³/mol. The van der Waals surface area contributed by atoms with Gasteiger partial charge in [-0.2, -0.15) is 0 Å². The van der Waals surface area contributed by atoms with Crippen molar-refractivity contribution in [1.29, 1.82) is 0 Å². The maximum absolute atomic E-state index is 2.55. The first-order valence-corrected chi connectivity index (χ1v) is 6.61. The molecule has 2 fully saturated rings. The Labute approximate surface area is 94.1 Å². The van der Waals surface area contributed by atoms with Gasteiger partial charge in [0, 0.05) is 0 Å². The van der Waals surface area contributed by atoms with E-state index in [1.54, 1.807) is 5.57 Å². The van der Waals surface area contributed by atoms with Gasteiger partial charge in [-0.25, -0.2) is 0 Å². The van der Waals surface area contributed by atoms with Crippen LogP contribution in [0.5, 0.6) is 0 Å². The van der Waals surface area contributed by atoms with Gasteiger partial charge in [0.25, 0.3) is 0 Å². The van der Waals surface area contributed by atoms with E-state index in [0.29, 0.717) is 10.8 Å². The Morgan fingerprint density at radius 3 is 2.47 bits per heavy atom. The average Bonchev–Trinajstić information content (AvgIpc) is 2.36. The molecular formula is C15H24. The molecule has 15 heavy (non-hydrogen) atoms. The molecule has 0 heteroatoms. The van der Waals surface area contributed by atoms with Gasteiger partial charge in [-0.3, -0.25) is 0 Å². The van der Waals surface area contributed by atoms with E-state index in [-0.39, 0.29) is 0 Å². The first kappa shape index (κ1) is 9.93. The second kappa shape index (κ2) is 2.70. The van der Waals surface area contributed by atoms with E-state index in [2.05, 4.69) is 27.7 Å². The Morgan fingerprint density at radius 2 is 1.87 bits per heavy atom. The van der Waals surface area contributed by atoms with Gasteiger partial charge >= 0.3 is 0 Å². The number of allylic oxidation sites excluding steroid dienone is 2. The summed E-state index contributed by atoms with van der Waals surface area (Å²) in [5.74, 6) is 2.02. The van der Waals surface area contributed by atoms with Crippen molar-refractivity contribution in [3.63, 3.8) is 0 Å². The Morgan fingerprint density at radius 1 is 1.13 bits per heavy atom. The van der Waals surface area contributed by atoms with Crippen LogP contribution >= 0.6 is 0 Å². The fraction of sp³-hybridized carbons (Fsp3) is 0.867. The third kappa shape index (κ3) is 1.20. The Hall–Kier alpha value is -0.260. The zero-order chi connectivity index (χ0) is 10.8. The normalized spacial score (nSPS) is 47.2. The van der Waals surface area contributed by atoms with Crippen LogP contribution in [0.25, 0.3) is 0 Å². The molecule has 0 amide bonds. The van der Waals surface area contributed by atoms with Crippen LogP contribution in [0.15, 0.2) is 11.1 Å². The van der Waals surface area contributed by atoms with Gasteiger partial charge in [-0.1, -0.05) is 31.9 Å². The molecule has 84 valence electrons. The highest BCUT2D eigenvalue weighted by Gasteiger charge is 2.55. The quantitative estimate of drug-likeness (QED) is 0.507. The summed E-state index contributed by atoms with van der Waals surface area (Å²) in [6.45, 7) is 9.90. The van der Waals surface area contributed by atoms with Gasteiger partial charge in [0.1, 0.15) is 0 Å². The monoisotopic (exact) mass is 204 g/mol. The van der Waals surface area contributed by atoms with Gasteiger partial charge in [0.2, 0.25) is 0 Å². The summed E-state index contributed by atoms with van der Waals surface area (Å²) in [4.78, 5) is 0. The molecule has 0 spiro atoms. The van der Waals surface area contributed by atoms with E-state index < -0.39 is 0 Å². The lowest BCUT2D eigenvalue weighted by Crippen LogP contribution is -2.42. The van der Waals surface area contributed by atoms with E-state index >= 15 is 0 Å². The summed E-state index contributed by atoms with van der Waals surface area (Å²) < 4.78 is 0. The molecule has 0 heterocycles. The summed E-state index contributed by atoms with van der Waals surface area (Å²) in [5, 5.41) is 0. The highest BCUT2D eigenvalue weighted by Crippen LogP contribution is 2.65. The topological polar surface area (TPSA) is 0 Å². The molecule has 0 saturated heterocycles. The molecule has 0 nitrogen and oxygen atoms in total. The Bertz CT molecular complexity index is 334. The lowest BCUT2D eigenvalue weighted by molar-refractivity contribution is 0.0947. The Kier molecular flexibility index (Phi) is 1.79. The van der Waals surface area contributed by atoms with Gasteiger partial charge in [-0.15, -0.1) is 0 Å². The van der Waals surface area contributed by atoms with Crippen LogP contribution in [0.4, 0.5) is 0 Å². The molecule has 3 atom stereocenters. The van der Waals surface area contributed by atoms with Crippen LogP contribution in [0.3, 0.4) is 0 Å². The van der Waals surface area contributed by atoms with E-state index in [0.717, 1.165) is 11.8 Å². The number of fused-ring (bicyclic) bond motifs is 3. The van der Waals surface area contributed by atoms with Gasteiger partial charge < -0.3 is 0 Å². The van der Waals surface area contributed by atoms with Crippen LogP contribution in [-0.2, 0) is 0 Å². The molecule has 0 radical (unpaired) electrons. The lowest BCUT2D eigenvalue weighted by Gasteiger charge is -2.53. The number of rotatable bonds is 0. The van der Waals surface area contributed by atoms with Gasteiger partial charge in [-0.05, 0) is 61.7 Å². The van der Waals surface area contributed by atoms with Crippen molar-refractivity contribution in [2.45, 2.75) is 59.8 Å². The maximum atomic E-state index is 2.55. The third-order valence-electron chi connectivity index (χ3n) is 5.64. The number of hydrogen-bond acceptors (Lipinski definition) is 0. The van der Waals surface area contributed by atoms with Gasteiger partial charge in [0.05, 0.1) is 0 Å². The van der Waals surface area contributed by atoms with Gasteiger partial charge in [0.15, 0.2) is 0 Å². The minimum atomic E-state index is 0.615. The van der Waals surface area contributed by atoms with Crippen molar-refractivity contribution < 1.29 is 0 Å². The van der Waals surface area contributed by atoms with Crippen LogP contribution in [0, 0.1) is 22.7 Å². The zero-order valence-electron chi connectivity index (χ0n) is 10.7. The van der Waals surface area contributed by atoms with Crippen molar-refractivity contribution in [2.24, 2.45) is 22.7 Å². The van der Waals surface area contributed by atoms with Crippen molar-refractivity contribution >= 4 is 0 Å². The largest absolute Gasteiger partial charge is 0.0733 e. The SMILES string of the molecule is CC1=C2CC[C@@]2(C)[C@@H]2CC(C)(C)C[C@@H]2C1. The van der Waals surface area contributed by atoms with E-state index in [9.17, 15) is 0 Å². The third-order valence-corrected chi connectivity index (χ3v) is 5.64. The summed E-state index contributed by atoms with van der Waals surface area (Å²) in [6, 6.07) is 0. The zero-order valence-corrected chi connectivity index (χ0v) is 10.7. The van der Waals surface area contributed by atoms with Crippen LogP contribution in [-0.4, -0.2) is 0 Å². The second-order valence-corrected chi connectivity index (χ2v) is 7.32. The predicted octanol–water partition coefficient (Wildman–Crippen LogP) is 4.56. The second-order valence-electron chi connectivity index (χ2n) is 7.32.